The van der Waals surface area contributed by atoms with Gasteiger partial charge in [-0.05, 0) is 19.3 Å². The highest BCUT2D eigenvalue weighted by Gasteiger charge is 2.28. The maximum absolute atomic E-state index is 11.4. The van der Waals surface area contributed by atoms with E-state index >= 15 is 0 Å². The molecular weight excluding hydrogens is 218 g/mol. The van der Waals surface area contributed by atoms with Gasteiger partial charge >= 0.3 is 0 Å². The second-order valence-corrected chi connectivity index (χ2v) is 7.63. The smallest absolute Gasteiger partial charge is 0.150 e. The number of rotatable bonds is 4. The van der Waals surface area contributed by atoms with Crippen LogP contribution in [0.4, 0.5) is 0 Å². The van der Waals surface area contributed by atoms with Crippen molar-refractivity contribution in [2.45, 2.75) is 36.2 Å². The molecule has 1 aliphatic rings. The molecule has 0 aromatic rings. The standard InChI is InChI=1S/C9H19NO2S2/c1-14(11,12)9-4-2-3-8(7-9)13-6-5-10/h8-9H,2-7,10H2,1H3. The molecule has 0 amide bonds. The summed E-state index contributed by atoms with van der Waals surface area (Å²) in [7, 11) is -2.83. The lowest BCUT2D eigenvalue weighted by atomic mass is 10.00. The first-order valence-electron chi connectivity index (χ1n) is 5.04. The Bertz CT molecular complexity index is 264. The van der Waals surface area contributed by atoms with Gasteiger partial charge in [0.05, 0.1) is 5.25 Å². The summed E-state index contributed by atoms with van der Waals surface area (Å²) in [6.45, 7) is 0.685. The molecule has 0 heterocycles. The van der Waals surface area contributed by atoms with Crippen LogP contribution >= 0.6 is 11.8 Å². The zero-order chi connectivity index (χ0) is 10.6. The number of hydrogen-bond donors (Lipinski definition) is 1. The summed E-state index contributed by atoms with van der Waals surface area (Å²) in [5, 5.41) is 0.401. The number of hydrogen-bond acceptors (Lipinski definition) is 4. The lowest BCUT2D eigenvalue weighted by Gasteiger charge is -2.27. The van der Waals surface area contributed by atoms with Gasteiger partial charge in [0.15, 0.2) is 0 Å². The van der Waals surface area contributed by atoms with Gasteiger partial charge in [0, 0.05) is 23.8 Å². The molecule has 0 radical (unpaired) electrons. The Morgan fingerprint density at radius 1 is 1.43 bits per heavy atom. The van der Waals surface area contributed by atoms with E-state index in [1.807, 2.05) is 11.8 Å². The van der Waals surface area contributed by atoms with Crippen LogP contribution in [0.3, 0.4) is 0 Å². The first kappa shape index (κ1) is 12.3. The van der Waals surface area contributed by atoms with Gasteiger partial charge in [0.1, 0.15) is 9.84 Å². The molecule has 1 rings (SSSR count). The summed E-state index contributed by atoms with van der Waals surface area (Å²) in [6.07, 6.45) is 5.21. The van der Waals surface area contributed by atoms with Crippen molar-refractivity contribution in [2.75, 3.05) is 18.6 Å². The second-order valence-electron chi connectivity index (χ2n) is 3.90. The minimum absolute atomic E-state index is 0.105. The van der Waals surface area contributed by atoms with Crippen molar-refractivity contribution in [1.29, 1.82) is 0 Å². The van der Waals surface area contributed by atoms with Crippen molar-refractivity contribution in [3.8, 4) is 0 Å². The summed E-state index contributed by atoms with van der Waals surface area (Å²) < 4.78 is 22.7. The molecular formula is C9H19NO2S2. The molecule has 0 aliphatic heterocycles. The molecule has 0 aromatic heterocycles. The highest BCUT2D eigenvalue weighted by molar-refractivity contribution is 8.00. The van der Waals surface area contributed by atoms with E-state index in [1.165, 1.54) is 6.26 Å². The summed E-state index contributed by atoms with van der Waals surface area (Å²) in [4.78, 5) is 0. The topological polar surface area (TPSA) is 60.2 Å². The molecule has 1 aliphatic carbocycles. The zero-order valence-electron chi connectivity index (χ0n) is 8.61. The average Bonchev–Trinajstić information content (AvgIpc) is 2.14. The van der Waals surface area contributed by atoms with E-state index in [9.17, 15) is 8.42 Å². The van der Waals surface area contributed by atoms with Crippen molar-refractivity contribution in [3.63, 3.8) is 0 Å². The summed E-state index contributed by atoms with van der Waals surface area (Å²) in [5.74, 6) is 0.946. The Balaban J connectivity index is 2.44. The molecule has 5 heteroatoms. The van der Waals surface area contributed by atoms with Crippen molar-refractivity contribution in [3.05, 3.63) is 0 Å². The highest BCUT2D eigenvalue weighted by Crippen LogP contribution is 2.31. The van der Waals surface area contributed by atoms with Crippen LogP contribution < -0.4 is 5.73 Å². The summed E-state index contributed by atoms with van der Waals surface area (Å²) in [6, 6.07) is 0. The third-order valence-electron chi connectivity index (χ3n) is 2.65. The monoisotopic (exact) mass is 237 g/mol. The Morgan fingerprint density at radius 3 is 2.71 bits per heavy atom. The van der Waals surface area contributed by atoms with Crippen molar-refractivity contribution in [2.24, 2.45) is 5.73 Å². The number of thioether (sulfide) groups is 1. The van der Waals surface area contributed by atoms with Crippen molar-refractivity contribution < 1.29 is 8.42 Å². The van der Waals surface area contributed by atoms with E-state index in [0.717, 1.165) is 31.4 Å². The lowest BCUT2D eigenvalue weighted by Crippen LogP contribution is -2.29. The van der Waals surface area contributed by atoms with E-state index < -0.39 is 9.84 Å². The molecule has 0 aromatic carbocycles. The summed E-state index contributed by atoms with van der Waals surface area (Å²) in [5.41, 5.74) is 5.43. The minimum Gasteiger partial charge on any atom is -0.330 e. The van der Waals surface area contributed by atoms with E-state index in [4.69, 9.17) is 5.73 Å². The Morgan fingerprint density at radius 2 is 2.14 bits per heavy atom. The molecule has 2 unspecified atom stereocenters. The molecule has 2 N–H and O–H groups in total. The average molecular weight is 237 g/mol. The molecule has 0 saturated heterocycles. The van der Waals surface area contributed by atoms with Crippen LogP contribution in [-0.4, -0.2) is 37.5 Å². The molecule has 3 nitrogen and oxygen atoms in total. The Kier molecular flexibility index (Phi) is 4.73. The van der Waals surface area contributed by atoms with Crippen LogP contribution in [-0.2, 0) is 9.84 Å². The third kappa shape index (κ3) is 3.79. The molecule has 1 fully saturated rings. The molecule has 0 spiro atoms. The van der Waals surface area contributed by atoms with Crippen LogP contribution in [0.5, 0.6) is 0 Å². The lowest BCUT2D eigenvalue weighted by molar-refractivity contribution is 0.495. The van der Waals surface area contributed by atoms with Crippen molar-refractivity contribution >= 4 is 21.6 Å². The Hall–Kier alpha value is 0.260. The number of sulfone groups is 1. The molecule has 1 saturated carbocycles. The predicted molar refractivity (Wildman–Crippen MR) is 62.4 cm³/mol. The Labute approximate surface area is 90.7 Å². The van der Waals surface area contributed by atoms with E-state index in [0.29, 0.717) is 11.8 Å². The maximum atomic E-state index is 11.4. The first-order chi connectivity index (χ1) is 6.54. The van der Waals surface area contributed by atoms with Gasteiger partial charge in [-0.1, -0.05) is 6.42 Å². The van der Waals surface area contributed by atoms with Gasteiger partial charge in [-0.25, -0.2) is 8.42 Å². The summed E-state index contributed by atoms with van der Waals surface area (Å²) >= 11 is 1.83. The third-order valence-corrected chi connectivity index (χ3v) is 5.66. The maximum Gasteiger partial charge on any atom is 0.150 e. The molecule has 14 heavy (non-hydrogen) atoms. The van der Waals surface area contributed by atoms with Gasteiger partial charge in [0.2, 0.25) is 0 Å². The zero-order valence-corrected chi connectivity index (χ0v) is 10.2. The molecule has 84 valence electrons. The van der Waals surface area contributed by atoms with Gasteiger partial charge in [-0.15, -0.1) is 0 Å². The second kappa shape index (κ2) is 5.37. The largest absolute Gasteiger partial charge is 0.330 e. The van der Waals surface area contributed by atoms with Gasteiger partial charge in [-0.3, -0.25) is 0 Å². The van der Waals surface area contributed by atoms with E-state index in [2.05, 4.69) is 0 Å². The fourth-order valence-corrected chi connectivity index (χ4v) is 4.35. The van der Waals surface area contributed by atoms with Crippen LogP contribution in [0, 0.1) is 0 Å². The van der Waals surface area contributed by atoms with Gasteiger partial charge in [-0.2, -0.15) is 11.8 Å². The van der Waals surface area contributed by atoms with Crippen molar-refractivity contribution in [1.82, 2.24) is 0 Å². The molecule has 0 bridgehead atoms. The molecule has 2 atom stereocenters. The fraction of sp³-hybridized carbons (Fsp3) is 1.00. The van der Waals surface area contributed by atoms with E-state index in [-0.39, 0.29) is 5.25 Å². The van der Waals surface area contributed by atoms with Crippen LogP contribution in [0.25, 0.3) is 0 Å². The number of nitrogens with two attached hydrogens (primary N) is 1. The SMILES string of the molecule is CS(=O)(=O)C1CCCC(SCCN)C1. The van der Waals surface area contributed by atoms with Gasteiger partial charge < -0.3 is 5.73 Å². The van der Waals surface area contributed by atoms with Crippen LogP contribution in [0.15, 0.2) is 0 Å². The quantitative estimate of drug-likeness (QED) is 0.793. The first-order valence-corrected chi connectivity index (χ1v) is 8.05. The highest BCUT2D eigenvalue weighted by atomic mass is 32.2. The fourth-order valence-electron chi connectivity index (χ4n) is 1.88. The minimum atomic E-state index is -2.83. The van der Waals surface area contributed by atoms with E-state index in [1.54, 1.807) is 0 Å². The van der Waals surface area contributed by atoms with Crippen LogP contribution in [0.2, 0.25) is 0 Å². The van der Waals surface area contributed by atoms with Crippen LogP contribution in [0.1, 0.15) is 25.7 Å². The normalized spacial score (nSPS) is 29.0. The predicted octanol–water partition coefficient (Wildman–Crippen LogP) is 1.03. The van der Waals surface area contributed by atoms with Gasteiger partial charge in [0.25, 0.3) is 0 Å².